The molecule has 0 radical (unpaired) electrons. The number of sulfone groups is 1. The Morgan fingerprint density at radius 2 is 1.30 bits per heavy atom. The third kappa shape index (κ3) is 8.57. The van der Waals surface area contributed by atoms with Gasteiger partial charge in [0.05, 0.1) is 35.2 Å². The highest BCUT2D eigenvalue weighted by atomic mass is 32.2. The van der Waals surface area contributed by atoms with Gasteiger partial charge in [0, 0.05) is 30.4 Å². The van der Waals surface area contributed by atoms with Gasteiger partial charge in [0.25, 0.3) is 18.4 Å². The predicted octanol–water partition coefficient (Wildman–Crippen LogP) is 6.92. The average Bonchev–Trinajstić information content (AvgIpc) is 3.13. The van der Waals surface area contributed by atoms with Crippen molar-refractivity contribution in [3.63, 3.8) is 0 Å². The van der Waals surface area contributed by atoms with Gasteiger partial charge in [-0.2, -0.15) is 8.42 Å². The van der Waals surface area contributed by atoms with E-state index >= 15 is 0 Å². The van der Waals surface area contributed by atoms with Crippen molar-refractivity contribution in [2.45, 2.75) is 74.9 Å². The fraction of sp³-hybridized carbons (Fsp3) is 0.429. The fourth-order valence-corrected chi connectivity index (χ4v) is 15.2. The van der Waals surface area contributed by atoms with E-state index in [0.717, 1.165) is 22.2 Å². The summed E-state index contributed by atoms with van der Waals surface area (Å²) in [7, 11) is -10.5. The van der Waals surface area contributed by atoms with E-state index < -0.39 is 52.2 Å². The lowest BCUT2D eigenvalue weighted by Gasteiger charge is -2.56. The lowest BCUT2D eigenvalue weighted by atomic mass is 9.63. The van der Waals surface area contributed by atoms with E-state index in [9.17, 15) is 16.8 Å². The normalized spacial score (nSPS) is 25.6. The van der Waals surface area contributed by atoms with Crippen molar-refractivity contribution < 1.29 is 34.9 Å². The molecular weight excluding hydrogens is 725 g/mol. The first kappa shape index (κ1) is 39.5. The molecule has 0 N–H and O–H groups in total. The summed E-state index contributed by atoms with van der Waals surface area (Å²) in [6.45, 7) is 9.26. The first-order valence-electron chi connectivity index (χ1n) is 18.4. The summed E-state index contributed by atoms with van der Waals surface area (Å²) in [6, 6.07) is 39.0. The Labute approximate surface area is 317 Å². The van der Waals surface area contributed by atoms with E-state index in [1.807, 2.05) is 49.4 Å². The Hall–Kier alpha value is -3.16. The standard InChI is InChI=1S/C42H52O8S2Si/c1-32-28-35(31-48-53(41(2,3)4,37-22-14-8-15-23-37)38-24-16-9-17-25-38)42(29-39(32)50-51(5,43)44)34(26-27-52(45,46)36-20-12-7-13-21-36)30-47-40(49-42)33-18-10-6-11-19-33/h6-25,32,34-35,39-40H,26-31H2,1-5H3/t32-,34-,35-,39-,40+,42+/m0/s1. The molecule has 2 aliphatic rings. The van der Waals surface area contributed by atoms with Gasteiger partial charge in [-0.05, 0) is 46.3 Å². The number of hydrogen-bond donors (Lipinski definition) is 0. The summed E-state index contributed by atoms with van der Waals surface area (Å²) in [5.74, 6) is -0.940. The molecule has 1 aliphatic heterocycles. The lowest BCUT2D eigenvalue weighted by molar-refractivity contribution is -0.321. The average molecular weight is 777 g/mol. The smallest absolute Gasteiger partial charge is 0.264 e. The third-order valence-electron chi connectivity index (χ3n) is 11.1. The van der Waals surface area contributed by atoms with Crippen molar-refractivity contribution in [1.29, 1.82) is 0 Å². The molecule has 0 unspecified atom stereocenters. The summed E-state index contributed by atoms with van der Waals surface area (Å²) in [6.07, 6.45) is 0.666. The lowest BCUT2D eigenvalue weighted by Crippen LogP contribution is -2.68. The van der Waals surface area contributed by atoms with Gasteiger partial charge in [0.15, 0.2) is 16.1 Å². The number of benzene rings is 4. The molecule has 0 bridgehead atoms. The van der Waals surface area contributed by atoms with Crippen LogP contribution >= 0.6 is 0 Å². The van der Waals surface area contributed by atoms with Gasteiger partial charge in [0.1, 0.15) is 0 Å². The van der Waals surface area contributed by atoms with Crippen molar-refractivity contribution in [3.05, 3.63) is 127 Å². The second kappa shape index (κ2) is 15.9. The summed E-state index contributed by atoms with van der Waals surface area (Å²) in [5, 5.41) is 2.02. The van der Waals surface area contributed by atoms with Crippen LogP contribution in [0.25, 0.3) is 0 Å². The monoisotopic (exact) mass is 776 g/mol. The Kier molecular flexibility index (Phi) is 11.9. The van der Waals surface area contributed by atoms with Crippen LogP contribution in [0.4, 0.5) is 0 Å². The van der Waals surface area contributed by atoms with Gasteiger partial charge in [0.2, 0.25) is 0 Å². The minimum Gasteiger partial charge on any atom is -0.407 e. The SMILES string of the molecule is C[C@H]1C[C@@H](CO[Si](c2ccccc2)(c2ccccc2)C(C)(C)C)[C@]2(C[C@@H]1OS(C)(=O)=O)O[C@H](c1ccccc1)OC[C@@H]2CCS(=O)(=O)c1ccccc1. The molecule has 1 aliphatic carbocycles. The largest absolute Gasteiger partial charge is 0.407 e. The van der Waals surface area contributed by atoms with E-state index in [0.29, 0.717) is 13.0 Å². The maximum atomic E-state index is 13.7. The van der Waals surface area contributed by atoms with Crippen molar-refractivity contribution in [2.24, 2.45) is 17.8 Å². The summed E-state index contributed by atoms with van der Waals surface area (Å²) < 4.78 is 79.7. The quantitative estimate of drug-likeness (QED) is 0.113. The van der Waals surface area contributed by atoms with Gasteiger partial charge in [-0.15, -0.1) is 0 Å². The van der Waals surface area contributed by atoms with Crippen LogP contribution in [-0.4, -0.2) is 62.1 Å². The molecule has 11 heteroatoms. The summed E-state index contributed by atoms with van der Waals surface area (Å²) in [4.78, 5) is 0.260. The molecule has 1 heterocycles. The van der Waals surface area contributed by atoms with Crippen LogP contribution in [0.2, 0.25) is 5.04 Å². The highest BCUT2D eigenvalue weighted by molar-refractivity contribution is 7.91. The second-order valence-electron chi connectivity index (χ2n) is 15.7. The molecule has 6 rings (SSSR count). The van der Waals surface area contributed by atoms with Gasteiger partial charge in [-0.25, -0.2) is 8.42 Å². The second-order valence-corrected chi connectivity index (χ2v) is 23.7. The van der Waals surface area contributed by atoms with E-state index in [-0.39, 0.29) is 47.0 Å². The molecule has 4 aromatic rings. The van der Waals surface area contributed by atoms with Crippen LogP contribution in [0, 0.1) is 17.8 Å². The summed E-state index contributed by atoms with van der Waals surface area (Å²) in [5.41, 5.74) is -0.216. The Bertz CT molecular complexity index is 1970. The van der Waals surface area contributed by atoms with E-state index in [1.165, 1.54) is 0 Å². The van der Waals surface area contributed by atoms with Crippen LogP contribution in [-0.2, 0) is 38.0 Å². The molecule has 0 amide bonds. The van der Waals surface area contributed by atoms with Crippen LogP contribution in [0.15, 0.2) is 126 Å². The topological polar surface area (TPSA) is 105 Å². The molecule has 1 saturated carbocycles. The van der Waals surface area contributed by atoms with Gasteiger partial charge >= 0.3 is 0 Å². The molecule has 284 valence electrons. The van der Waals surface area contributed by atoms with Gasteiger partial charge in [-0.3, -0.25) is 4.18 Å². The first-order valence-corrected chi connectivity index (χ1v) is 23.8. The van der Waals surface area contributed by atoms with Gasteiger partial charge in [-0.1, -0.05) is 137 Å². The molecular formula is C42H52O8S2Si. The van der Waals surface area contributed by atoms with Crippen molar-refractivity contribution in [3.8, 4) is 0 Å². The molecule has 1 spiro atoms. The van der Waals surface area contributed by atoms with Crippen LogP contribution < -0.4 is 10.4 Å². The Morgan fingerprint density at radius 3 is 1.83 bits per heavy atom. The third-order valence-corrected chi connectivity index (χ3v) is 18.5. The van der Waals surface area contributed by atoms with Crippen molar-refractivity contribution in [2.75, 3.05) is 25.2 Å². The zero-order valence-electron chi connectivity index (χ0n) is 31.3. The number of rotatable bonds is 12. The highest BCUT2D eigenvalue weighted by Crippen LogP contribution is 2.52. The molecule has 8 nitrogen and oxygen atoms in total. The van der Waals surface area contributed by atoms with Crippen molar-refractivity contribution >= 4 is 38.6 Å². The molecule has 2 fully saturated rings. The summed E-state index contributed by atoms with van der Waals surface area (Å²) >= 11 is 0. The maximum Gasteiger partial charge on any atom is 0.264 e. The van der Waals surface area contributed by atoms with E-state index in [4.69, 9.17) is 18.1 Å². The molecule has 0 aromatic heterocycles. The maximum absolute atomic E-state index is 13.7. The van der Waals surface area contributed by atoms with E-state index in [2.05, 4.69) is 69.3 Å². The molecule has 4 aromatic carbocycles. The molecule has 1 saturated heterocycles. The number of hydrogen-bond acceptors (Lipinski definition) is 8. The van der Waals surface area contributed by atoms with Gasteiger partial charge < -0.3 is 13.9 Å². The number of ether oxygens (including phenoxy) is 2. The zero-order chi connectivity index (χ0) is 37.9. The molecule has 6 atom stereocenters. The zero-order valence-corrected chi connectivity index (χ0v) is 33.9. The van der Waals surface area contributed by atoms with Crippen LogP contribution in [0.3, 0.4) is 0 Å². The van der Waals surface area contributed by atoms with Crippen molar-refractivity contribution in [1.82, 2.24) is 0 Å². The fourth-order valence-electron chi connectivity index (χ4n) is 8.50. The minimum absolute atomic E-state index is 0.123. The molecule has 53 heavy (non-hydrogen) atoms. The Balaban J connectivity index is 1.45. The minimum atomic E-state index is -3.82. The van der Waals surface area contributed by atoms with Crippen LogP contribution in [0.1, 0.15) is 58.8 Å². The first-order chi connectivity index (χ1) is 25.1. The predicted molar refractivity (Wildman–Crippen MR) is 211 cm³/mol. The highest BCUT2D eigenvalue weighted by Gasteiger charge is 2.58. The van der Waals surface area contributed by atoms with Crippen LogP contribution in [0.5, 0.6) is 0 Å². The Morgan fingerprint density at radius 1 is 0.774 bits per heavy atom. The van der Waals surface area contributed by atoms with E-state index in [1.54, 1.807) is 30.3 Å².